The Morgan fingerprint density at radius 3 is 1.97 bits per heavy atom. The van der Waals surface area contributed by atoms with Crippen LogP contribution in [0.15, 0.2) is 54.6 Å². The summed E-state index contributed by atoms with van der Waals surface area (Å²) in [6, 6.07) is 20.1. The summed E-state index contributed by atoms with van der Waals surface area (Å²) in [4.78, 5) is 37.4. The van der Waals surface area contributed by atoms with Gasteiger partial charge in [0.2, 0.25) is 5.91 Å². The zero-order valence-electron chi connectivity index (χ0n) is 20.8. The summed E-state index contributed by atoms with van der Waals surface area (Å²) in [7, 11) is 0. The zero-order valence-corrected chi connectivity index (χ0v) is 20.8. The molecule has 1 aliphatic heterocycles. The predicted octanol–water partition coefficient (Wildman–Crippen LogP) is 2.26. The third kappa shape index (κ3) is 9.31. The van der Waals surface area contributed by atoms with Gasteiger partial charge in [-0.25, -0.2) is 9.59 Å². The lowest BCUT2D eigenvalue weighted by molar-refractivity contribution is -0.159. The van der Waals surface area contributed by atoms with E-state index in [1.807, 2.05) is 0 Å². The summed E-state index contributed by atoms with van der Waals surface area (Å²) in [6.45, 7) is 9.65. The molecule has 4 rings (SSSR count). The Hall–Kier alpha value is -3.43. The number of aliphatic carboxylic acids is 2. The molecule has 0 aromatic heterocycles. The van der Waals surface area contributed by atoms with Crippen LogP contribution in [0.5, 0.6) is 0 Å². The summed E-state index contributed by atoms with van der Waals surface area (Å²) in [6.07, 6.45) is 2.31. The highest BCUT2D eigenvalue weighted by atomic mass is 16.4. The fourth-order valence-electron chi connectivity index (χ4n) is 4.07. The van der Waals surface area contributed by atoms with Gasteiger partial charge in [-0.15, -0.1) is 0 Å². The SMILES string of the molecule is CCN(Cc1ccccc1)c1ccc(CN2CCN(CC(=O)NC3CC3)CC2)cc1.O=C(O)C(=O)O. The van der Waals surface area contributed by atoms with Crippen molar-refractivity contribution in [2.24, 2.45) is 0 Å². The van der Waals surface area contributed by atoms with Crippen molar-refractivity contribution in [2.45, 2.75) is 38.9 Å². The second-order valence-electron chi connectivity index (χ2n) is 9.17. The first-order valence-electron chi connectivity index (χ1n) is 12.4. The molecule has 9 nitrogen and oxygen atoms in total. The van der Waals surface area contributed by atoms with E-state index in [4.69, 9.17) is 19.8 Å². The number of hydrogen-bond acceptors (Lipinski definition) is 6. The molecule has 1 saturated heterocycles. The van der Waals surface area contributed by atoms with Crippen LogP contribution in [-0.4, -0.2) is 83.2 Å². The van der Waals surface area contributed by atoms with E-state index >= 15 is 0 Å². The number of anilines is 1. The van der Waals surface area contributed by atoms with E-state index in [1.165, 1.54) is 16.8 Å². The highest BCUT2D eigenvalue weighted by Crippen LogP contribution is 2.20. The van der Waals surface area contributed by atoms with E-state index < -0.39 is 11.9 Å². The van der Waals surface area contributed by atoms with Gasteiger partial charge in [-0.3, -0.25) is 14.6 Å². The lowest BCUT2D eigenvalue weighted by atomic mass is 10.1. The van der Waals surface area contributed by atoms with Crippen LogP contribution in [0.4, 0.5) is 5.69 Å². The maximum Gasteiger partial charge on any atom is 0.414 e. The summed E-state index contributed by atoms with van der Waals surface area (Å²) in [5.41, 5.74) is 3.97. The van der Waals surface area contributed by atoms with Gasteiger partial charge in [0, 0.05) is 57.5 Å². The molecule has 2 aromatic carbocycles. The minimum atomic E-state index is -1.82. The molecule has 194 valence electrons. The van der Waals surface area contributed by atoms with Gasteiger partial charge in [-0.1, -0.05) is 42.5 Å². The highest BCUT2D eigenvalue weighted by Gasteiger charge is 2.25. The van der Waals surface area contributed by atoms with Crippen LogP contribution in [0, 0.1) is 0 Å². The topological polar surface area (TPSA) is 113 Å². The second-order valence-corrected chi connectivity index (χ2v) is 9.17. The van der Waals surface area contributed by atoms with Crippen molar-refractivity contribution >= 4 is 23.5 Å². The molecule has 1 amide bonds. The maximum atomic E-state index is 12.0. The molecule has 1 heterocycles. The quantitative estimate of drug-likeness (QED) is 0.453. The van der Waals surface area contributed by atoms with Crippen molar-refractivity contribution in [2.75, 3.05) is 44.2 Å². The first kappa shape index (κ1) is 27.2. The molecular weight excluding hydrogens is 460 g/mol. The third-order valence-electron chi connectivity index (χ3n) is 6.26. The normalized spacial score (nSPS) is 15.9. The summed E-state index contributed by atoms with van der Waals surface area (Å²) < 4.78 is 0. The van der Waals surface area contributed by atoms with Gasteiger partial charge < -0.3 is 20.4 Å². The zero-order chi connectivity index (χ0) is 25.9. The van der Waals surface area contributed by atoms with E-state index in [0.717, 1.165) is 58.7 Å². The number of nitrogens with zero attached hydrogens (tertiary/aromatic N) is 3. The number of piperazine rings is 1. The number of carboxylic acid groups (broad SMARTS) is 2. The Morgan fingerprint density at radius 1 is 0.861 bits per heavy atom. The summed E-state index contributed by atoms with van der Waals surface area (Å²) in [5, 5.41) is 17.9. The molecule has 1 saturated carbocycles. The lowest BCUT2D eigenvalue weighted by Crippen LogP contribution is -2.49. The number of benzene rings is 2. The molecule has 0 radical (unpaired) electrons. The molecule has 2 aromatic rings. The smallest absolute Gasteiger partial charge is 0.414 e. The fourth-order valence-corrected chi connectivity index (χ4v) is 4.07. The Morgan fingerprint density at radius 2 is 1.44 bits per heavy atom. The second kappa shape index (κ2) is 13.6. The summed E-state index contributed by atoms with van der Waals surface area (Å²) in [5.74, 6) is -3.46. The van der Waals surface area contributed by atoms with Crippen molar-refractivity contribution < 1.29 is 24.6 Å². The molecule has 2 aliphatic rings. The fraction of sp³-hybridized carbons (Fsp3) is 0.444. The van der Waals surface area contributed by atoms with Crippen LogP contribution >= 0.6 is 0 Å². The Balaban J connectivity index is 0.000000538. The molecule has 0 atom stereocenters. The molecule has 1 aliphatic carbocycles. The van der Waals surface area contributed by atoms with Crippen molar-refractivity contribution in [3.8, 4) is 0 Å². The van der Waals surface area contributed by atoms with Crippen molar-refractivity contribution in [3.05, 3.63) is 65.7 Å². The number of amides is 1. The average molecular weight is 497 g/mol. The minimum Gasteiger partial charge on any atom is -0.473 e. The molecule has 2 fully saturated rings. The van der Waals surface area contributed by atoms with Crippen LogP contribution < -0.4 is 10.2 Å². The van der Waals surface area contributed by atoms with E-state index in [0.29, 0.717) is 12.6 Å². The van der Waals surface area contributed by atoms with Crippen molar-refractivity contribution in [1.82, 2.24) is 15.1 Å². The third-order valence-corrected chi connectivity index (χ3v) is 6.26. The van der Waals surface area contributed by atoms with Gasteiger partial charge in [0.05, 0.1) is 6.54 Å². The van der Waals surface area contributed by atoms with E-state index in [2.05, 4.69) is 81.5 Å². The van der Waals surface area contributed by atoms with Crippen molar-refractivity contribution in [1.29, 1.82) is 0 Å². The van der Waals surface area contributed by atoms with Crippen molar-refractivity contribution in [3.63, 3.8) is 0 Å². The molecule has 0 spiro atoms. The Kier molecular flexibility index (Phi) is 10.3. The van der Waals surface area contributed by atoms with Crippen LogP contribution in [-0.2, 0) is 27.5 Å². The molecule has 0 unspecified atom stereocenters. The van der Waals surface area contributed by atoms with Gasteiger partial charge in [0.25, 0.3) is 0 Å². The van der Waals surface area contributed by atoms with Gasteiger partial charge in [-0.05, 0) is 43.0 Å². The number of carbonyl (C=O) groups is 3. The number of hydrogen-bond donors (Lipinski definition) is 3. The van der Waals surface area contributed by atoms with Gasteiger partial charge >= 0.3 is 11.9 Å². The monoisotopic (exact) mass is 496 g/mol. The molecule has 36 heavy (non-hydrogen) atoms. The van der Waals surface area contributed by atoms with Gasteiger partial charge in [-0.2, -0.15) is 0 Å². The average Bonchev–Trinajstić information content (AvgIpc) is 3.69. The molecule has 9 heteroatoms. The minimum absolute atomic E-state index is 0.192. The Bertz CT molecular complexity index is 975. The number of carbonyl (C=O) groups excluding carboxylic acids is 1. The largest absolute Gasteiger partial charge is 0.473 e. The van der Waals surface area contributed by atoms with Crippen LogP contribution in [0.25, 0.3) is 0 Å². The van der Waals surface area contributed by atoms with Crippen LogP contribution in [0.3, 0.4) is 0 Å². The van der Waals surface area contributed by atoms with E-state index in [9.17, 15) is 4.79 Å². The first-order chi connectivity index (χ1) is 17.3. The van der Waals surface area contributed by atoms with Crippen LogP contribution in [0.2, 0.25) is 0 Å². The van der Waals surface area contributed by atoms with E-state index in [-0.39, 0.29) is 5.91 Å². The highest BCUT2D eigenvalue weighted by molar-refractivity contribution is 6.27. The molecule has 0 bridgehead atoms. The first-order valence-corrected chi connectivity index (χ1v) is 12.4. The van der Waals surface area contributed by atoms with E-state index in [1.54, 1.807) is 0 Å². The summed E-state index contributed by atoms with van der Waals surface area (Å²) >= 11 is 0. The molecular formula is C27H36N4O5. The standard InChI is InChI=1S/C25H34N4O.C2H2O4/c1-2-29(19-21-6-4-3-5-7-21)24-12-8-22(9-13-24)18-27-14-16-28(17-15-27)20-25(30)26-23-10-11-23;3-1(4)2(5)6/h3-9,12-13,23H,2,10-11,14-20H2,1H3,(H,26,30);(H,3,4)(H,5,6). The number of rotatable bonds is 9. The lowest BCUT2D eigenvalue weighted by Gasteiger charge is -2.34. The predicted molar refractivity (Wildman–Crippen MR) is 138 cm³/mol. The maximum absolute atomic E-state index is 12.0. The number of nitrogens with one attached hydrogen (secondary N) is 1. The van der Waals surface area contributed by atoms with Gasteiger partial charge in [0.1, 0.15) is 0 Å². The van der Waals surface area contributed by atoms with Crippen LogP contribution in [0.1, 0.15) is 30.9 Å². The number of carboxylic acids is 2. The Labute approximate surface area is 212 Å². The molecule has 3 N–H and O–H groups in total. The van der Waals surface area contributed by atoms with Gasteiger partial charge in [0.15, 0.2) is 0 Å².